The molecule has 5 N–H and O–H groups in total. The lowest BCUT2D eigenvalue weighted by atomic mass is 9.99. The van der Waals surface area contributed by atoms with Gasteiger partial charge in [0.2, 0.25) is 5.65 Å². The number of carbonyl (C=O) groups is 1. The maximum absolute atomic E-state index is 11.2. The van der Waals surface area contributed by atoms with Gasteiger partial charge < -0.3 is 35.3 Å². The summed E-state index contributed by atoms with van der Waals surface area (Å²) in [5, 5.41) is 42.1. The van der Waals surface area contributed by atoms with Crippen molar-refractivity contribution < 1.29 is 34.8 Å². The molecule has 30 heavy (non-hydrogen) atoms. The minimum Gasteiger partial charge on any atom is -0.479 e. The number of fused-ring (bicyclic) bond motifs is 1. The summed E-state index contributed by atoms with van der Waals surface area (Å²) in [6.45, 7) is 0.496. The molecule has 5 atom stereocenters. The topological polar surface area (TPSA) is 172 Å². The first-order chi connectivity index (χ1) is 14.5. The zero-order chi connectivity index (χ0) is 21.3. The summed E-state index contributed by atoms with van der Waals surface area (Å²) >= 11 is 0. The van der Waals surface area contributed by atoms with Crippen molar-refractivity contribution in [2.75, 3.05) is 5.32 Å². The van der Waals surface area contributed by atoms with Gasteiger partial charge in [-0.3, -0.25) is 0 Å². The van der Waals surface area contributed by atoms with Gasteiger partial charge in [-0.15, -0.1) is 4.73 Å². The van der Waals surface area contributed by atoms with E-state index in [9.17, 15) is 20.1 Å². The van der Waals surface area contributed by atoms with Gasteiger partial charge in [-0.2, -0.15) is 0 Å². The summed E-state index contributed by atoms with van der Waals surface area (Å²) in [5.74, 6) is -1.07. The molecule has 0 bridgehead atoms. The molecule has 0 unspecified atom stereocenters. The number of carboxylic acids is 1. The summed E-state index contributed by atoms with van der Waals surface area (Å²) in [6, 6.07) is 9.65. The number of aliphatic hydroxyl groups is 3. The smallest absolute Gasteiger partial charge is 0.335 e. The first kappa shape index (κ1) is 20.0. The van der Waals surface area contributed by atoms with Crippen LogP contribution in [0.15, 0.2) is 43.0 Å². The van der Waals surface area contributed by atoms with Gasteiger partial charge in [0.15, 0.2) is 17.4 Å². The monoisotopic (exact) mass is 417 g/mol. The highest BCUT2D eigenvalue weighted by Crippen LogP contribution is 2.23. The Balaban J connectivity index is 1.54. The SMILES string of the molecule is O=C(O)[C@H]1O[C@@H](On2cnc3c(NCc4ccccc4)ncnc32)[C@H](O)[C@@H](O)[C@@H]1O. The average molecular weight is 417 g/mol. The van der Waals surface area contributed by atoms with E-state index in [0.717, 1.165) is 10.3 Å². The fraction of sp³-hybridized carbons (Fsp3) is 0.333. The van der Waals surface area contributed by atoms with E-state index in [1.165, 1.54) is 12.7 Å². The molecule has 1 saturated heterocycles. The minimum atomic E-state index is -1.81. The Morgan fingerprint density at radius 2 is 1.87 bits per heavy atom. The lowest BCUT2D eigenvalue weighted by Gasteiger charge is -2.37. The lowest BCUT2D eigenvalue weighted by molar-refractivity contribution is -0.292. The van der Waals surface area contributed by atoms with Gasteiger partial charge in [0.25, 0.3) is 6.29 Å². The standard InChI is InChI=1S/C18H19N5O7/c24-11-12(25)14(17(27)28)29-18(13(11)26)30-23-8-22-10-15(20-7-21-16(10)23)19-6-9-4-2-1-3-5-9/h1-5,7-8,11-14,18,24-26H,6H2,(H,27,28)(H,19,20,21)/t11-,12-,13+,14-,18-/m0/s1. The van der Waals surface area contributed by atoms with E-state index in [-0.39, 0.29) is 5.65 Å². The van der Waals surface area contributed by atoms with Crippen LogP contribution < -0.4 is 10.2 Å². The van der Waals surface area contributed by atoms with Gasteiger partial charge in [0, 0.05) is 6.54 Å². The van der Waals surface area contributed by atoms with E-state index in [0.29, 0.717) is 17.9 Å². The van der Waals surface area contributed by atoms with E-state index < -0.39 is 36.7 Å². The molecule has 3 heterocycles. The Hall–Kier alpha value is -3.32. The second-order valence-corrected chi connectivity index (χ2v) is 6.64. The molecule has 0 saturated carbocycles. The van der Waals surface area contributed by atoms with Crippen LogP contribution in [0.3, 0.4) is 0 Å². The van der Waals surface area contributed by atoms with Gasteiger partial charge in [-0.1, -0.05) is 30.3 Å². The van der Waals surface area contributed by atoms with Crippen molar-refractivity contribution >= 4 is 23.0 Å². The van der Waals surface area contributed by atoms with Crippen LogP contribution in [-0.4, -0.2) is 76.8 Å². The molecule has 0 amide bonds. The molecule has 0 aliphatic carbocycles. The molecular weight excluding hydrogens is 398 g/mol. The fourth-order valence-electron chi connectivity index (χ4n) is 3.05. The van der Waals surface area contributed by atoms with Crippen molar-refractivity contribution in [3.63, 3.8) is 0 Å². The maximum atomic E-state index is 11.2. The molecular formula is C18H19N5O7. The number of imidazole rings is 1. The summed E-state index contributed by atoms with van der Waals surface area (Å²) < 4.78 is 6.18. The van der Waals surface area contributed by atoms with E-state index in [4.69, 9.17) is 14.7 Å². The molecule has 12 heteroatoms. The van der Waals surface area contributed by atoms with Crippen LogP contribution in [-0.2, 0) is 16.1 Å². The van der Waals surface area contributed by atoms with Crippen LogP contribution in [0.25, 0.3) is 11.2 Å². The van der Waals surface area contributed by atoms with Crippen molar-refractivity contribution in [3.05, 3.63) is 48.5 Å². The van der Waals surface area contributed by atoms with Crippen molar-refractivity contribution in [2.45, 2.75) is 37.3 Å². The normalized spacial score (nSPS) is 26.4. The maximum Gasteiger partial charge on any atom is 0.335 e. The molecule has 0 radical (unpaired) electrons. The van der Waals surface area contributed by atoms with Gasteiger partial charge >= 0.3 is 5.97 Å². The largest absolute Gasteiger partial charge is 0.479 e. The predicted molar refractivity (Wildman–Crippen MR) is 100.0 cm³/mol. The molecule has 1 aliphatic rings. The summed E-state index contributed by atoms with van der Waals surface area (Å²) in [5.41, 5.74) is 1.63. The zero-order valence-corrected chi connectivity index (χ0v) is 15.4. The molecule has 2 aromatic heterocycles. The van der Waals surface area contributed by atoms with Gasteiger partial charge in [0.1, 0.15) is 31.0 Å². The van der Waals surface area contributed by atoms with Gasteiger partial charge in [-0.05, 0) is 5.56 Å². The van der Waals surface area contributed by atoms with Gasteiger partial charge in [0.05, 0.1) is 0 Å². The van der Waals surface area contributed by atoms with E-state index in [2.05, 4.69) is 20.3 Å². The molecule has 158 valence electrons. The number of ether oxygens (including phenoxy) is 1. The molecule has 3 aromatic rings. The number of aliphatic hydroxyl groups excluding tert-OH is 3. The molecule has 12 nitrogen and oxygen atoms in total. The van der Waals surface area contributed by atoms with Crippen LogP contribution in [0.1, 0.15) is 5.56 Å². The van der Waals surface area contributed by atoms with Crippen molar-refractivity contribution in [1.29, 1.82) is 0 Å². The number of nitrogens with zero attached hydrogens (tertiary/aromatic N) is 4. The van der Waals surface area contributed by atoms with E-state index in [1.54, 1.807) is 0 Å². The highest BCUT2D eigenvalue weighted by atomic mass is 16.8. The fourth-order valence-corrected chi connectivity index (χ4v) is 3.05. The van der Waals surface area contributed by atoms with Crippen molar-refractivity contribution in [3.8, 4) is 0 Å². The minimum absolute atomic E-state index is 0.226. The molecule has 1 aliphatic heterocycles. The first-order valence-corrected chi connectivity index (χ1v) is 9.01. The Labute approximate surface area is 169 Å². The third-order valence-corrected chi connectivity index (χ3v) is 4.64. The van der Waals surface area contributed by atoms with E-state index >= 15 is 0 Å². The van der Waals surface area contributed by atoms with Crippen molar-refractivity contribution in [1.82, 2.24) is 19.7 Å². The van der Waals surface area contributed by atoms with Crippen LogP contribution >= 0.6 is 0 Å². The molecule has 4 rings (SSSR count). The van der Waals surface area contributed by atoms with Crippen LogP contribution in [0.4, 0.5) is 5.82 Å². The molecule has 1 aromatic carbocycles. The highest BCUT2D eigenvalue weighted by molar-refractivity contribution is 5.82. The Kier molecular flexibility index (Phi) is 5.46. The van der Waals surface area contributed by atoms with Crippen LogP contribution in [0.5, 0.6) is 0 Å². The number of hydrogen-bond donors (Lipinski definition) is 5. The summed E-state index contributed by atoms with van der Waals surface area (Å²) in [7, 11) is 0. The predicted octanol–water partition coefficient (Wildman–Crippen LogP) is -1.24. The third-order valence-electron chi connectivity index (χ3n) is 4.64. The second-order valence-electron chi connectivity index (χ2n) is 6.64. The number of aromatic nitrogens is 4. The lowest BCUT2D eigenvalue weighted by Crippen LogP contribution is -2.62. The number of rotatable bonds is 6. The van der Waals surface area contributed by atoms with Gasteiger partial charge in [-0.25, -0.2) is 19.7 Å². The number of carboxylic acid groups (broad SMARTS) is 1. The third kappa shape index (κ3) is 3.76. The second kappa shape index (κ2) is 8.20. The van der Waals surface area contributed by atoms with Crippen LogP contribution in [0.2, 0.25) is 0 Å². The zero-order valence-electron chi connectivity index (χ0n) is 15.4. The number of benzene rings is 1. The number of aliphatic carboxylic acids is 1. The Morgan fingerprint density at radius 1 is 1.10 bits per heavy atom. The Morgan fingerprint density at radius 3 is 2.60 bits per heavy atom. The summed E-state index contributed by atoms with van der Waals surface area (Å²) in [4.78, 5) is 29.2. The highest BCUT2D eigenvalue weighted by Gasteiger charge is 2.48. The van der Waals surface area contributed by atoms with Crippen LogP contribution in [0, 0.1) is 0 Å². The van der Waals surface area contributed by atoms with Crippen molar-refractivity contribution in [2.24, 2.45) is 0 Å². The van der Waals surface area contributed by atoms with E-state index in [1.807, 2.05) is 30.3 Å². The first-order valence-electron chi connectivity index (χ1n) is 9.01. The summed E-state index contributed by atoms with van der Waals surface area (Å²) in [6.07, 6.45) is -6.13. The Bertz CT molecular complexity index is 1030. The molecule has 1 fully saturated rings. The number of hydrogen-bond acceptors (Lipinski definition) is 10. The quantitative estimate of drug-likeness (QED) is 0.325. The average Bonchev–Trinajstić information content (AvgIpc) is 3.16. The number of nitrogens with one attached hydrogen (secondary N) is 1. The molecule has 0 spiro atoms. The number of anilines is 1.